The summed E-state index contributed by atoms with van der Waals surface area (Å²) in [7, 11) is 0. The number of benzene rings is 4. The first-order valence-corrected chi connectivity index (χ1v) is 14.3. The van der Waals surface area contributed by atoms with Gasteiger partial charge in [-0.15, -0.1) is 0 Å². The predicted octanol–water partition coefficient (Wildman–Crippen LogP) is 8.42. The molecule has 2 N–H and O–H groups in total. The standard InChI is InChI=1S/C36H28F3N3O3/c1-21-6-7-24-12-13-30(41-32(24)16-21)20-42-15-14-27-17-28(26-4-3-5-29(18-26)36(37,38)39)19-31(33(27)42)34(43)40-22(2)23-8-10-25(11-9-23)35(44)45/h3-19,22H,20H2,1-2H3,(H,40,43)(H,44,45)/t22-/m0/s1. The number of carboxylic acids is 1. The van der Waals surface area contributed by atoms with Gasteiger partial charge in [0.05, 0.1) is 46.0 Å². The lowest BCUT2D eigenvalue weighted by Crippen LogP contribution is -2.27. The number of carboxylic acid groups (broad SMARTS) is 1. The van der Waals surface area contributed by atoms with Crippen molar-refractivity contribution in [2.45, 2.75) is 32.6 Å². The first kappa shape index (κ1) is 29.6. The van der Waals surface area contributed by atoms with Crippen LogP contribution < -0.4 is 5.32 Å². The molecule has 0 unspecified atom stereocenters. The quantitative estimate of drug-likeness (QED) is 0.191. The number of carbonyl (C=O) groups excluding carboxylic acids is 1. The number of hydrogen-bond donors (Lipinski definition) is 2. The van der Waals surface area contributed by atoms with E-state index in [1.165, 1.54) is 18.2 Å². The third kappa shape index (κ3) is 6.15. The smallest absolute Gasteiger partial charge is 0.416 e. The highest BCUT2D eigenvalue weighted by molar-refractivity contribution is 6.08. The molecule has 6 aromatic rings. The summed E-state index contributed by atoms with van der Waals surface area (Å²) in [5, 5.41) is 13.9. The van der Waals surface area contributed by atoms with Crippen LogP contribution in [0.3, 0.4) is 0 Å². The van der Waals surface area contributed by atoms with E-state index in [0.717, 1.165) is 34.3 Å². The van der Waals surface area contributed by atoms with Crippen molar-refractivity contribution in [1.82, 2.24) is 14.9 Å². The number of alkyl halides is 3. The average molecular weight is 608 g/mol. The van der Waals surface area contributed by atoms with E-state index >= 15 is 0 Å². The molecular formula is C36H28F3N3O3. The molecule has 1 amide bonds. The second kappa shape index (κ2) is 11.6. The Morgan fingerprint density at radius 3 is 2.38 bits per heavy atom. The topological polar surface area (TPSA) is 84.2 Å². The van der Waals surface area contributed by atoms with E-state index in [-0.39, 0.29) is 11.1 Å². The molecule has 1 atom stereocenters. The Morgan fingerprint density at radius 2 is 1.64 bits per heavy atom. The molecule has 0 aliphatic carbocycles. The highest BCUT2D eigenvalue weighted by Crippen LogP contribution is 2.35. The Bertz CT molecular complexity index is 2080. The van der Waals surface area contributed by atoms with Crippen LogP contribution in [0.25, 0.3) is 32.9 Å². The summed E-state index contributed by atoms with van der Waals surface area (Å²) < 4.78 is 42.5. The van der Waals surface area contributed by atoms with Gasteiger partial charge in [-0.3, -0.25) is 9.78 Å². The van der Waals surface area contributed by atoms with Gasteiger partial charge in [0.2, 0.25) is 0 Å². The fourth-order valence-electron chi connectivity index (χ4n) is 5.50. The van der Waals surface area contributed by atoms with Gasteiger partial charge in [0.15, 0.2) is 0 Å². The second-order valence-corrected chi connectivity index (χ2v) is 11.1. The fourth-order valence-corrected chi connectivity index (χ4v) is 5.50. The van der Waals surface area contributed by atoms with Crippen LogP contribution >= 0.6 is 0 Å². The van der Waals surface area contributed by atoms with Crippen molar-refractivity contribution in [1.29, 1.82) is 0 Å². The molecule has 45 heavy (non-hydrogen) atoms. The van der Waals surface area contributed by atoms with E-state index in [2.05, 4.69) is 5.32 Å². The van der Waals surface area contributed by atoms with Crippen molar-refractivity contribution in [2.24, 2.45) is 0 Å². The number of nitrogens with zero attached hydrogens (tertiary/aromatic N) is 2. The van der Waals surface area contributed by atoms with E-state index in [0.29, 0.717) is 34.1 Å². The number of rotatable bonds is 7. The molecule has 0 aliphatic heterocycles. The highest BCUT2D eigenvalue weighted by Gasteiger charge is 2.30. The van der Waals surface area contributed by atoms with Gasteiger partial charge in [-0.2, -0.15) is 13.2 Å². The van der Waals surface area contributed by atoms with Gasteiger partial charge in [0.25, 0.3) is 5.91 Å². The third-order valence-electron chi connectivity index (χ3n) is 7.87. The molecule has 6 nitrogen and oxygen atoms in total. The van der Waals surface area contributed by atoms with Crippen LogP contribution in [0.4, 0.5) is 13.2 Å². The van der Waals surface area contributed by atoms with Crippen LogP contribution in [0.15, 0.2) is 103 Å². The largest absolute Gasteiger partial charge is 0.478 e. The van der Waals surface area contributed by atoms with Crippen LogP contribution in [-0.2, 0) is 12.7 Å². The monoisotopic (exact) mass is 607 g/mol. The summed E-state index contributed by atoms with van der Waals surface area (Å²) in [4.78, 5) is 30.0. The van der Waals surface area contributed by atoms with Crippen molar-refractivity contribution in [2.75, 3.05) is 0 Å². The maximum atomic E-state index is 13.9. The number of nitrogens with one attached hydrogen (secondary N) is 1. The normalized spacial score (nSPS) is 12.4. The lowest BCUT2D eigenvalue weighted by atomic mass is 9.98. The van der Waals surface area contributed by atoms with Gasteiger partial charge in [0.1, 0.15) is 0 Å². The summed E-state index contributed by atoms with van der Waals surface area (Å²) in [6.45, 7) is 4.14. The van der Waals surface area contributed by atoms with E-state index in [9.17, 15) is 27.9 Å². The molecule has 0 spiro atoms. The molecule has 6 rings (SSSR count). The number of hydrogen-bond acceptors (Lipinski definition) is 3. The summed E-state index contributed by atoms with van der Waals surface area (Å²) in [6.07, 6.45) is -2.67. The number of carbonyl (C=O) groups is 2. The lowest BCUT2D eigenvalue weighted by Gasteiger charge is -2.17. The molecule has 2 aromatic heterocycles. The molecule has 4 aromatic carbocycles. The third-order valence-corrected chi connectivity index (χ3v) is 7.87. The number of pyridine rings is 1. The van der Waals surface area contributed by atoms with Crippen LogP contribution in [-0.4, -0.2) is 26.5 Å². The summed E-state index contributed by atoms with van der Waals surface area (Å²) in [5.74, 6) is -1.48. The van der Waals surface area contributed by atoms with E-state index in [1.54, 1.807) is 37.3 Å². The molecule has 226 valence electrons. The molecule has 0 saturated carbocycles. The van der Waals surface area contributed by atoms with Crippen LogP contribution in [0.5, 0.6) is 0 Å². The predicted molar refractivity (Wildman–Crippen MR) is 167 cm³/mol. The molecule has 0 fully saturated rings. The number of amides is 1. The van der Waals surface area contributed by atoms with E-state index < -0.39 is 29.7 Å². The van der Waals surface area contributed by atoms with Crippen molar-refractivity contribution in [3.05, 3.63) is 137 Å². The Hall–Kier alpha value is -5.44. The SMILES string of the molecule is Cc1ccc2ccc(Cn3ccc4cc(-c5cccc(C(F)(F)F)c5)cc(C(=O)N[C@@H](C)c5ccc(C(=O)O)cc5)c43)nc2c1. The molecule has 0 aliphatic rings. The zero-order valence-electron chi connectivity index (χ0n) is 24.4. The van der Waals surface area contributed by atoms with Crippen molar-refractivity contribution >= 4 is 33.7 Å². The minimum absolute atomic E-state index is 0.128. The second-order valence-electron chi connectivity index (χ2n) is 11.1. The van der Waals surface area contributed by atoms with Gasteiger partial charge in [-0.05, 0) is 90.7 Å². The van der Waals surface area contributed by atoms with Crippen LogP contribution in [0, 0.1) is 6.92 Å². The number of aromatic carboxylic acids is 1. The molecule has 0 saturated heterocycles. The summed E-state index contributed by atoms with van der Waals surface area (Å²) in [5.41, 5.74) is 4.48. The minimum atomic E-state index is -4.51. The number of fused-ring (bicyclic) bond motifs is 2. The first-order valence-electron chi connectivity index (χ1n) is 14.3. The fraction of sp³-hybridized carbons (Fsp3) is 0.139. The zero-order valence-corrected chi connectivity index (χ0v) is 24.4. The number of halogens is 3. The van der Waals surface area contributed by atoms with Gasteiger partial charge >= 0.3 is 12.1 Å². The minimum Gasteiger partial charge on any atom is -0.478 e. The van der Waals surface area contributed by atoms with E-state index in [4.69, 9.17) is 4.98 Å². The first-order chi connectivity index (χ1) is 21.5. The molecular weight excluding hydrogens is 579 g/mol. The average Bonchev–Trinajstić information content (AvgIpc) is 3.42. The van der Waals surface area contributed by atoms with Crippen molar-refractivity contribution in [3.63, 3.8) is 0 Å². The van der Waals surface area contributed by atoms with Gasteiger partial charge in [0, 0.05) is 17.0 Å². The molecule has 0 bridgehead atoms. The molecule has 2 heterocycles. The molecule has 0 radical (unpaired) electrons. The number of aromatic nitrogens is 2. The van der Waals surface area contributed by atoms with Crippen molar-refractivity contribution in [3.8, 4) is 11.1 Å². The summed E-state index contributed by atoms with van der Waals surface area (Å²) >= 11 is 0. The van der Waals surface area contributed by atoms with E-state index in [1.807, 2.05) is 54.1 Å². The Labute approximate surface area is 256 Å². The highest BCUT2D eigenvalue weighted by atomic mass is 19.4. The lowest BCUT2D eigenvalue weighted by molar-refractivity contribution is -0.137. The maximum absolute atomic E-state index is 13.9. The summed E-state index contributed by atoms with van der Waals surface area (Å²) in [6, 6.07) is 26.0. The maximum Gasteiger partial charge on any atom is 0.416 e. The van der Waals surface area contributed by atoms with Crippen LogP contribution in [0.1, 0.15) is 56.1 Å². The Morgan fingerprint density at radius 1 is 0.889 bits per heavy atom. The van der Waals surface area contributed by atoms with Gasteiger partial charge < -0.3 is 15.0 Å². The van der Waals surface area contributed by atoms with Gasteiger partial charge in [-0.1, -0.05) is 42.5 Å². The van der Waals surface area contributed by atoms with Crippen molar-refractivity contribution < 1.29 is 27.9 Å². The van der Waals surface area contributed by atoms with Gasteiger partial charge in [-0.25, -0.2) is 4.79 Å². The molecule has 9 heteroatoms. The number of aryl methyl sites for hydroxylation is 1. The van der Waals surface area contributed by atoms with Crippen LogP contribution in [0.2, 0.25) is 0 Å². The Kier molecular flexibility index (Phi) is 7.62. The zero-order chi connectivity index (χ0) is 31.9. The Balaban J connectivity index is 1.42.